The lowest BCUT2D eigenvalue weighted by molar-refractivity contribution is 0.283. The number of hydrogen-bond acceptors (Lipinski definition) is 2. The Kier molecular flexibility index (Phi) is 2.83. The fourth-order valence-electron chi connectivity index (χ4n) is 0.942. The molecule has 1 unspecified atom stereocenters. The Labute approximate surface area is 68.8 Å². The Morgan fingerprint density at radius 2 is 1.80 bits per heavy atom. The highest BCUT2D eigenvalue weighted by atomic mass is 32.1. The smallest absolute Gasteiger partial charge is 0.166 e. The first-order chi connectivity index (χ1) is 4.70. The van der Waals surface area contributed by atoms with E-state index in [1.54, 1.807) is 0 Å². The molecule has 0 spiro atoms. The van der Waals surface area contributed by atoms with Crippen LogP contribution in [0.3, 0.4) is 0 Å². The Morgan fingerprint density at radius 3 is 2.20 bits per heavy atom. The maximum atomic E-state index is 5.44. The molecule has 0 aliphatic carbocycles. The highest BCUT2D eigenvalue weighted by Gasteiger charge is 2.13. The fraction of sp³-hybridized carbons (Fsp3) is 0.800. The fourth-order valence-corrected chi connectivity index (χ4v) is 1.36. The Morgan fingerprint density at radius 1 is 1.30 bits per heavy atom. The van der Waals surface area contributed by atoms with Gasteiger partial charge in [-0.1, -0.05) is 9.39 Å². The molecule has 10 heavy (non-hydrogen) atoms. The van der Waals surface area contributed by atoms with Crippen molar-refractivity contribution in [1.29, 1.82) is 0 Å². The van der Waals surface area contributed by atoms with Crippen LogP contribution in [0.25, 0.3) is 0 Å². The van der Waals surface area contributed by atoms with E-state index in [0.717, 1.165) is 26.2 Å². The van der Waals surface area contributed by atoms with Gasteiger partial charge >= 0.3 is 0 Å². The Bertz CT molecular complexity index is 133. The SMILES string of the molecule is NC(=S)N1CCN(P)CC1. The van der Waals surface area contributed by atoms with Crippen molar-refractivity contribution in [2.75, 3.05) is 26.2 Å². The van der Waals surface area contributed by atoms with Gasteiger partial charge < -0.3 is 10.6 Å². The first-order valence-electron chi connectivity index (χ1n) is 3.24. The van der Waals surface area contributed by atoms with Gasteiger partial charge in [0.2, 0.25) is 0 Å². The van der Waals surface area contributed by atoms with Gasteiger partial charge in [-0.25, -0.2) is 0 Å². The van der Waals surface area contributed by atoms with Gasteiger partial charge in [-0.15, -0.1) is 0 Å². The predicted molar refractivity (Wildman–Crippen MR) is 49.6 cm³/mol. The van der Waals surface area contributed by atoms with Crippen LogP contribution in [-0.2, 0) is 0 Å². The lowest BCUT2D eigenvalue weighted by atomic mass is 10.4. The number of thiocarbonyl (C=S) groups is 1. The zero-order chi connectivity index (χ0) is 7.56. The molecule has 0 bridgehead atoms. The van der Waals surface area contributed by atoms with Crippen LogP contribution in [0.15, 0.2) is 0 Å². The van der Waals surface area contributed by atoms with Crippen LogP contribution in [-0.4, -0.2) is 40.9 Å². The molecule has 0 amide bonds. The largest absolute Gasteiger partial charge is 0.376 e. The van der Waals surface area contributed by atoms with Crippen LogP contribution in [0.1, 0.15) is 0 Å². The quantitative estimate of drug-likeness (QED) is 0.404. The maximum absolute atomic E-state index is 5.44. The van der Waals surface area contributed by atoms with Crippen molar-refractivity contribution < 1.29 is 0 Å². The molecule has 1 fully saturated rings. The van der Waals surface area contributed by atoms with E-state index in [-0.39, 0.29) is 0 Å². The minimum atomic E-state index is 0.526. The normalized spacial score (nSPS) is 21.1. The molecule has 2 N–H and O–H groups in total. The number of piperazine rings is 1. The van der Waals surface area contributed by atoms with Crippen molar-refractivity contribution in [2.45, 2.75) is 0 Å². The highest BCUT2D eigenvalue weighted by Crippen LogP contribution is 2.04. The van der Waals surface area contributed by atoms with E-state index in [0.29, 0.717) is 5.11 Å². The van der Waals surface area contributed by atoms with Crippen molar-refractivity contribution in [3.63, 3.8) is 0 Å². The van der Waals surface area contributed by atoms with E-state index in [1.807, 2.05) is 4.90 Å². The van der Waals surface area contributed by atoms with Gasteiger partial charge in [0.05, 0.1) is 0 Å². The summed E-state index contributed by atoms with van der Waals surface area (Å²) in [5.41, 5.74) is 5.44. The van der Waals surface area contributed by atoms with Crippen LogP contribution in [0.4, 0.5) is 0 Å². The maximum Gasteiger partial charge on any atom is 0.166 e. The number of rotatable bonds is 0. The number of nitrogens with two attached hydrogens (primary N) is 1. The highest BCUT2D eigenvalue weighted by molar-refractivity contribution is 7.80. The van der Waals surface area contributed by atoms with Crippen LogP contribution in [0.2, 0.25) is 0 Å². The average molecular weight is 177 g/mol. The van der Waals surface area contributed by atoms with Crippen molar-refractivity contribution in [2.24, 2.45) is 5.73 Å². The van der Waals surface area contributed by atoms with Gasteiger partial charge in [-0.2, -0.15) is 0 Å². The van der Waals surface area contributed by atoms with Gasteiger partial charge in [-0.05, 0) is 12.2 Å². The van der Waals surface area contributed by atoms with Crippen LogP contribution >= 0.6 is 21.6 Å². The third kappa shape index (κ3) is 2.04. The first kappa shape index (κ1) is 8.18. The van der Waals surface area contributed by atoms with E-state index >= 15 is 0 Å². The van der Waals surface area contributed by atoms with Gasteiger partial charge in [-0.3, -0.25) is 4.67 Å². The predicted octanol–water partition coefficient (Wildman–Crippen LogP) is -0.362. The Hall–Kier alpha value is 0.0800. The van der Waals surface area contributed by atoms with E-state index in [2.05, 4.69) is 14.1 Å². The molecule has 1 aliphatic rings. The summed E-state index contributed by atoms with van der Waals surface area (Å²) in [5.74, 6) is 0. The zero-order valence-corrected chi connectivity index (χ0v) is 7.76. The zero-order valence-electron chi connectivity index (χ0n) is 5.79. The lowest BCUT2D eigenvalue weighted by Crippen LogP contribution is -2.47. The lowest BCUT2D eigenvalue weighted by Gasteiger charge is -2.32. The summed E-state index contributed by atoms with van der Waals surface area (Å²) < 4.78 is 2.19. The van der Waals surface area contributed by atoms with Crippen LogP contribution < -0.4 is 5.73 Å². The van der Waals surface area contributed by atoms with Crippen molar-refractivity contribution in [3.8, 4) is 0 Å². The second kappa shape index (κ2) is 3.46. The molecule has 58 valence electrons. The third-order valence-electron chi connectivity index (χ3n) is 1.63. The molecule has 0 aromatic heterocycles. The molecule has 0 aromatic rings. The summed E-state index contributed by atoms with van der Waals surface area (Å²) in [6.45, 7) is 3.97. The molecule has 1 atom stereocenters. The van der Waals surface area contributed by atoms with Gasteiger partial charge in [0.15, 0.2) is 5.11 Å². The summed E-state index contributed by atoms with van der Waals surface area (Å²) in [4.78, 5) is 2.02. The molecule has 5 heteroatoms. The summed E-state index contributed by atoms with van der Waals surface area (Å²) in [6, 6.07) is 0. The number of hydrogen-bond donors (Lipinski definition) is 1. The van der Waals surface area contributed by atoms with E-state index in [1.165, 1.54) is 0 Å². The molecular weight excluding hydrogens is 165 g/mol. The minimum absolute atomic E-state index is 0.526. The molecule has 0 saturated carbocycles. The molecular formula is C5H12N3PS. The summed E-state index contributed by atoms with van der Waals surface area (Å²) >= 11 is 4.83. The van der Waals surface area contributed by atoms with E-state index in [4.69, 9.17) is 18.0 Å². The minimum Gasteiger partial charge on any atom is -0.376 e. The standard InChI is InChI=1S/C5H12N3PS/c6-5(10)7-1-3-8(9)4-2-7/h1-4,9H2,(H2,6,10). The number of nitrogens with zero attached hydrogens (tertiary/aromatic N) is 2. The van der Waals surface area contributed by atoms with Crippen molar-refractivity contribution >= 4 is 26.7 Å². The van der Waals surface area contributed by atoms with E-state index < -0.39 is 0 Å². The first-order valence-corrected chi connectivity index (χ1v) is 4.16. The third-order valence-corrected chi connectivity index (χ3v) is 2.40. The monoisotopic (exact) mass is 177 g/mol. The van der Waals surface area contributed by atoms with Gasteiger partial charge in [0.1, 0.15) is 0 Å². The van der Waals surface area contributed by atoms with Crippen molar-refractivity contribution in [3.05, 3.63) is 0 Å². The summed E-state index contributed by atoms with van der Waals surface area (Å²) in [5, 5.41) is 0.526. The molecule has 0 aromatic carbocycles. The van der Waals surface area contributed by atoms with Gasteiger partial charge in [0.25, 0.3) is 0 Å². The average Bonchev–Trinajstić information content (AvgIpc) is 1.88. The molecule has 0 radical (unpaired) electrons. The summed E-state index contributed by atoms with van der Waals surface area (Å²) in [7, 11) is 2.68. The van der Waals surface area contributed by atoms with E-state index in [9.17, 15) is 0 Å². The molecule has 3 nitrogen and oxygen atoms in total. The molecule has 1 aliphatic heterocycles. The van der Waals surface area contributed by atoms with Crippen LogP contribution in [0.5, 0.6) is 0 Å². The van der Waals surface area contributed by atoms with Crippen LogP contribution in [0, 0.1) is 0 Å². The van der Waals surface area contributed by atoms with Crippen molar-refractivity contribution in [1.82, 2.24) is 9.57 Å². The van der Waals surface area contributed by atoms with Gasteiger partial charge in [0, 0.05) is 26.2 Å². The summed E-state index contributed by atoms with van der Waals surface area (Å²) in [6.07, 6.45) is 0. The second-order valence-electron chi connectivity index (χ2n) is 2.36. The second-order valence-corrected chi connectivity index (χ2v) is 3.51. The molecule has 1 rings (SSSR count). The Balaban J connectivity index is 2.33. The topological polar surface area (TPSA) is 32.5 Å². The molecule has 1 saturated heterocycles. The molecule has 1 heterocycles.